The average Bonchev–Trinajstić information content (AvgIpc) is 2.63. The number of aromatic nitrogens is 2. The van der Waals surface area contributed by atoms with Crippen molar-refractivity contribution in [2.45, 2.75) is 27.2 Å². The highest BCUT2D eigenvalue weighted by Gasteiger charge is 2.10. The Morgan fingerprint density at radius 1 is 1.25 bits per heavy atom. The van der Waals surface area contributed by atoms with Crippen molar-refractivity contribution in [2.24, 2.45) is 0 Å². The lowest BCUT2D eigenvalue weighted by Crippen LogP contribution is -1.91. The molecule has 0 fully saturated rings. The number of nitrogens with one attached hydrogen (secondary N) is 1. The number of hydrogen-bond acceptors (Lipinski definition) is 2. The van der Waals surface area contributed by atoms with Crippen LogP contribution in [0.4, 0.5) is 5.82 Å². The molecule has 1 aromatic heterocycles. The number of aromatic amines is 1. The van der Waals surface area contributed by atoms with Crippen LogP contribution in [-0.2, 0) is 6.42 Å². The number of anilines is 1. The fourth-order valence-corrected chi connectivity index (χ4v) is 1.87. The molecule has 0 aliphatic heterocycles. The summed E-state index contributed by atoms with van der Waals surface area (Å²) in [5.74, 6) is 0.607. The molecule has 3 heteroatoms. The lowest BCUT2D eigenvalue weighted by atomic mass is 10.0. The molecule has 0 atom stereocenters. The zero-order chi connectivity index (χ0) is 11.7. The smallest absolute Gasteiger partial charge is 0.149 e. The normalized spacial score (nSPS) is 10.7. The maximum Gasteiger partial charge on any atom is 0.149 e. The minimum atomic E-state index is 0.607. The van der Waals surface area contributed by atoms with Crippen molar-refractivity contribution < 1.29 is 0 Å². The molecule has 3 nitrogen and oxygen atoms in total. The number of aryl methyl sites for hydroxylation is 2. The highest BCUT2D eigenvalue weighted by Crippen LogP contribution is 2.27. The second-order valence-electron chi connectivity index (χ2n) is 4.11. The summed E-state index contributed by atoms with van der Waals surface area (Å²) in [5, 5.41) is 7.08. The standard InChI is InChI=1S/C13H17N3/c1-4-11-12(15-16-13(11)14)10-6-5-8(2)9(3)7-10/h5-7H,4H2,1-3H3,(H3,14,15,16). The van der Waals surface area contributed by atoms with Crippen LogP contribution in [-0.4, -0.2) is 10.2 Å². The monoisotopic (exact) mass is 215 g/mol. The summed E-state index contributed by atoms with van der Waals surface area (Å²) in [6.45, 7) is 6.32. The number of nitrogens with two attached hydrogens (primary N) is 1. The van der Waals surface area contributed by atoms with Crippen LogP contribution in [0.3, 0.4) is 0 Å². The Labute approximate surface area is 95.7 Å². The van der Waals surface area contributed by atoms with E-state index in [-0.39, 0.29) is 0 Å². The molecule has 0 radical (unpaired) electrons. The third-order valence-electron chi connectivity index (χ3n) is 3.05. The van der Waals surface area contributed by atoms with E-state index in [1.54, 1.807) is 0 Å². The summed E-state index contributed by atoms with van der Waals surface area (Å²) < 4.78 is 0. The first-order valence-corrected chi connectivity index (χ1v) is 5.53. The highest BCUT2D eigenvalue weighted by molar-refractivity contribution is 5.68. The summed E-state index contributed by atoms with van der Waals surface area (Å²) >= 11 is 0. The third-order valence-corrected chi connectivity index (χ3v) is 3.05. The van der Waals surface area contributed by atoms with Crippen LogP contribution >= 0.6 is 0 Å². The third kappa shape index (κ3) is 1.69. The Kier molecular flexibility index (Phi) is 2.69. The lowest BCUT2D eigenvalue weighted by Gasteiger charge is -2.05. The minimum Gasteiger partial charge on any atom is -0.382 e. The quantitative estimate of drug-likeness (QED) is 0.809. The van der Waals surface area contributed by atoms with E-state index in [1.807, 2.05) is 0 Å². The molecule has 3 N–H and O–H groups in total. The van der Waals surface area contributed by atoms with Crippen LogP contribution in [0.5, 0.6) is 0 Å². The zero-order valence-corrected chi connectivity index (χ0v) is 9.96. The molecular formula is C13H17N3. The number of hydrogen-bond donors (Lipinski definition) is 2. The number of nitrogens with zero attached hydrogens (tertiary/aromatic N) is 1. The zero-order valence-electron chi connectivity index (χ0n) is 9.96. The molecule has 2 rings (SSSR count). The van der Waals surface area contributed by atoms with Gasteiger partial charge in [-0.05, 0) is 37.5 Å². The van der Waals surface area contributed by atoms with Crippen LogP contribution < -0.4 is 5.73 Å². The van der Waals surface area contributed by atoms with E-state index < -0.39 is 0 Å². The molecule has 0 amide bonds. The SMILES string of the molecule is CCc1c(N)n[nH]c1-c1ccc(C)c(C)c1. The molecule has 0 aliphatic rings. The number of nitrogen functional groups attached to an aromatic ring is 1. The predicted octanol–water partition coefficient (Wildman–Crippen LogP) is 2.84. The van der Waals surface area contributed by atoms with Crippen LogP contribution in [0.1, 0.15) is 23.6 Å². The van der Waals surface area contributed by atoms with E-state index in [9.17, 15) is 0 Å². The van der Waals surface area contributed by atoms with Crippen molar-refractivity contribution in [3.8, 4) is 11.3 Å². The maximum absolute atomic E-state index is 5.81. The second kappa shape index (κ2) is 4.00. The average molecular weight is 215 g/mol. The Morgan fingerprint density at radius 3 is 2.62 bits per heavy atom. The van der Waals surface area contributed by atoms with Crippen molar-refractivity contribution in [1.29, 1.82) is 0 Å². The van der Waals surface area contributed by atoms with Crippen LogP contribution in [0.15, 0.2) is 18.2 Å². The van der Waals surface area contributed by atoms with E-state index in [0.717, 1.165) is 23.2 Å². The van der Waals surface area contributed by atoms with Gasteiger partial charge in [0, 0.05) is 11.1 Å². The molecule has 0 saturated carbocycles. The fourth-order valence-electron chi connectivity index (χ4n) is 1.87. The first kappa shape index (κ1) is 10.7. The largest absolute Gasteiger partial charge is 0.382 e. The van der Waals surface area contributed by atoms with Crippen molar-refractivity contribution in [1.82, 2.24) is 10.2 Å². The van der Waals surface area contributed by atoms with Crippen molar-refractivity contribution in [3.05, 3.63) is 34.9 Å². The van der Waals surface area contributed by atoms with Crippen LogP contribution in [0, 0.1) is 13.8 Å². The van der Waals surface area contributed by atoms with Crippen molar-refractivity contribution in [3.63, 3.8) is 0 Å². The van der Waals surface area contributed by atoms with Gasteiger partial charge in [0.15, 0.2) is 0 Å². The molecule has 0 aliphatic carbocycles. The molecular weight excluding hydrogens is 198 g/mol. The Bertz CT molecular complexity index is 512. The number of benzene rings is 1. The molecule has 84 valence electrons. The molecule has 0 spiro atoms. The van der Waals surface area contributed by atoms with Gasteiger partial charge in [-0.3, -0.25) is 5.10 Å². The molecule has 0 unspecified atom stereocenters. The molecule has 16 heavy (non-hydrogen) atoms. The number of rotatable bonds is 2. The van der Waals surface area contributed by atoms with Gasteiger partial charge >= 0.3 is 0 Å². The van der Waals surface area contributed by atoms with E-state index in [4.69, 9.17) is 5.73 Å². The lowest BCUT2D eigenvalue weighted by molar-refractivity contribution is 1.10. The van der Waals surface area contributed by atoms with E-state index in [0.29, 0.717) is 5.82 Å². The first-order chi connectivity index (χ1) is 7.63. The van der Waals surface area contributed by atoms with E-state index in [1.165, 1.54) is 11.1 Å². The molecule has 0 bridgehead atoms. The number of H-pyrrole nitrogens is 1. The van der Waals surface area contributed by atoms with Gasteiger partial charge in [0.05, 0.1) is 5.69 Å². The van der Waals surface area contributed by atoms with Gasteiger partial charge < -0.3 is 5.73 Å². The van der Waals surface area contributed by atoms with Gasteiger partial charge in [-0.15, -0.1) is 0 Å². The predicted molar refractivity (Wildman–Crippen MR) is 67.3 cm³/mol. The van der Waals surface area contributed by atoms with E-state index >= 15 is 0 Å². The van der Waals surface area contributed by atoms with Gasteiger partial charge in [-0.25, -0.2) is 0 Å². The molecule has 1 heterocycles. The van der Waals surface area contributed by atoms with Gasteiger partial charge in [0.25, 0.3) is 0 Å². The van der Waals surface area contributed by atoms with Gasteiger partial charge in [-0.2, -0.15) is 5.10 Å². The summed E-state index contributed by atoms with van der Waals surface area (Å²) in [5.41, 5.74) is 11.7. The van der Waals surface area contributed by atoms with Crippen molar-refractivity contribution in [2.75, 3.05) is 5.73 Å². The molecule has 0 saturated heterocycles. The molecule has 2 aromatic rings. The molecule has 1 aromatic carbocycles. The van der Waals surface area contributed by atoms with Crippen LogP contribution in [0.2, 0.25) is 0 Å². The summed E-state index contributed by atoms with van der Waals surface area (Å²) in [4.78, 5) is 0. The Hall–Kier alpha value is -1.77. The summed E-state index contributed by atoms with van der Waals surface area (Å²) in [6.07, 6.45) is 0.893. The first-order valence-electron chi connectivity index (χ1n) is 5.53. The van der Waals surface area contributed by atoms with Gasteiger partial charge in [0.1, 0.15) is 5.82 Å². The highest BCUT2D eigenvalue weighted by atomic mass is 15.2. The van der Waals surface area contributed by atoms with Crippen LogP contribution in [0.25, 0.3) is 11.3 Å². The second-order valence-corrected chi connectivity index (χ2v) is 4.11. The fraction of sp³-hybridized carbons (Fsp3) is 0.308. The summed E-state index contributed by atoms with van der Waals surface area (Å²) in [6, 6.07) is 6.40. The topological polar surface area (TPSA) is 54.7 Å². The Morgan fingerprint density at radius 2 is 2.00 bits per heavy atom. The summed E-state index contributed by atoms with van der Waals surface area (Å²) in [7, 11) is 0. The van der Waals surface area contributed by atoms with Gasteiger partial charge in [-0.1, -0.05) is 19.1 Å². The maximum atomic E-state index is 5.81. The van der Waals surface area contributed by atoms with E-state index in [2.05, 4.69) is 49.2 Å². The minimum absolute atomic E-state index is 0.607. The van der Waals surface area contributed by atoms with Crippen molar-refractivity contribution >= 4 is 5.82 Å². The van der Waals surface area contributed by atoms with Gasteiger partial charge in [0.2, 0.25) is 0 Å². The Balaban J connectivity index is 2.54.